The second-order valence-corrected chi connectivity index (χ2v) is 10.3. The van der Waals surface area contributed by atoms with Crippen molar-refractivity contribution >= 4 is 44.8 Å². The molecule has 0 aliphatic heterocycles. The SMILES string of the molecule is O=C(N[C@@H](C(=O)Oc1ccc2ccccc2c1-c1c(O)ccc2ccccc12)c1ccccc1)c1cc([N+](=O)[O-])cc([N+](=O)[O-])c1. The highest BCUT2D eigenvalue weighted by molar-refractivity contribution is 6.10. The van der Waals surface area contributed by atoms with Gasteiger partial charge >= 0.3 is 5.97 Å². The number of esters is 1. The number of hydrogen-bond acceptors (Lipinski definition) is 8. The molecule has 6 rings (SSSR count). The molecule has 0 fully saturated rings. The number of aromatic hydroxyl groups is 1. The van der Waals surface area contributed by atoms with E-state index in [1.807, 2.05) is 48.5 Å². The highest BCUT2D eigenvalue weighted by atomic mass is 16.6. The molecule has 0 unspecified atom stereocenters. The standard InChI is InChI=1S/C35H23N3O8/c39-29-16-14-21-8-4-6-12-27(21)31(29)32-28-13-7-5-9-22(28)15-17-30(32)46-35(41)33(23-10-2-1-3-11-23)36-34(40)24-18-25(37(42)43)20-26(19-24)38(44)45/h1-20,33,39H,(H,36,40)/t33-/m1/s1. The third-order valence-electron chi connectivity index (χ3n) is 7.49. The van der Waals surface area contributed by atoms with Crippen molar-refractivity contribution in [3.8, 4) is 22.6 Å². The number of carbonyl (C=O) groups excluding carboxylic acids is 2. The topological polar surface area (TPSA) is 162 Å². The van der Waals surface area contributed by atoms with Gasteiger partial charge in [-0.05, 0) is 39.2 Å². The van der Waals surface area contributed by atoms with E-state index >= 15 is 0 Å². The number of nitro benzene ring substituents is 2. The van der Waals surface area contributed by atoms with Crippen molar-refractivity contribution < 1.29 is 29.3 Å². The molecular weight excluding hydrogens is 590 g/mol. The number of phenols is 1. The minimum Gasteiger partial charge on any atom is -0.507 e. The van der Waals surface area contributed by atoms with Crippen LogP contribution in [0.15, 0.2) is 121 Å². The summed E-state index contributed by atoms with van der Waals surface area (Å²) in [6.45, 7) is 0. The van der Waals surface area contributed by atoms with Gasteiger partial charge in [0.25, 0.3) is 17.3 Å². The van der Waals surface area contributed by atoms with Crippen molar-refractivity contribution in [2.45, 2.75) is 6.04 Å². The van der Waals surface area contributed by atoms with Gasteiger partial charge in [-0.25, -0.2) is 4.79 Å². The molecule has 0 saturated carbocycles. The second kappa shape index (κ2) is 12.2. The summed E-state index contributed by atoms with van der Waals surface area (Å²) in [4.78, 5) is 48.5. The Labute approximate surface area is 260 Å². The second-order valence-electron chi connectivity index (χ2n) is 10.3. The molecule has 1 atom stereocenters. The normalized spacial score (nSPS) is 11.6. The highest BCUT2D eigenvalue weighted by Crippen LogP contribution is 2.45. The largest absolute Gasteiger partial charge is 0.507 e. The number of benzene rings is 6. The van der Waals surface area contributed by atoms with Crippen LogP contribution in [0.3, 0.4) is 0 Å². The number of ether oxygens (including phenoxy) is 1. The lowest BCUT2D eigenvalue weighted by atomic mass is 9.92. The molecule has 6 aromatic rings. The number of nitro groups is 2. The molecule has 0 spiro atoms. The zero-order chi connectivity index (χ0) is 32.4. The van der Waals surface area contributed by atoms with Crippen LogP contribution in [0, 0.1) is 20.2 Å². The molecular formula is C35H23N3O8. The Hall–Kier alpha value is -6.62. The van der Waals surface area contributed by atoms with Crippen molar-refractivity contribution in [3.63, 3.8) is 0 Å². The molecule has 11 nitrogen and oxygen atoms in total. The Balaban J connectivity index is 1.44. The molecule has 6 aromatic carbocycles. The lowest BCUT2D eigenvalue weighted by Crippen LogP contribution is -2.36. The van der Waals surface area contributed by atoms with E-state index in [1.165, 1.54) is 0 Å². The summed E-state index contributed by atoms with van der Waals surface area (Å²) in [5.41, 5.74) is -0.476. The number of carbonyl (C=O) groups is 2. The summed E-state index contributed by atoms with van der Waals surface area (Å²) in [6.07, 6.45) is 0. The number of fused-ring (bicyclic) bond motifs is 2. The van der Waals surface area contributed by atoms with Crippen molar-refractivity contribution in [1.29, 1.82) is 0 Å². The van der Waals surface area contributed by atoms with Gasteiger partial charge in [0, 0.05) is 23.3 Å². The first-order valence-corrected chi connectivity index (χ1v) is 14.0. The molecule has 0 bridgehead atoms. The van der Waals surface area contributed by atoms with E-state index in [2.05, 4.69) is 5.32 Å². The minimum absolute atomic E-state index is 0.0347. The molecule has 1 amide bonds. The summed E-state index contributed by atoms with van der Waals surface area (Å²) < 4.78 is 6.01. The first-order valence-electron chi connectivity index (χ1n) is 14.0. The van der Waals surface area contributed by atoms with Gasteiger partial charge < -0.3 is 15.2 Å². The molecule has 0 heterocycles. The lowest BCUT2D eigenvalue weighted by Gasteiger charge is -2.21. The van der Waals surface area contributed by atoms with Gasteiger partial charge in [0.05, 0.1) is 21.5 Å². The lowest BCUT2D eigenvalue weighted by molar-refractivity contribution is -0.394. The number of rotatable bonds is 8. The average Bonchev–Trinajstić information content (AvgIpc) is 3.07. The molecule has 0 aliphatic rings. The van der Waals surface area contributed by atoms with Crippen LogP contribution in [0.1, 0.15) is 22.0 Å². The first kappa shape index (κ1) is 29.5. The maximum atomic E-state index is 14.0. The number of amides is 1. The Morgan fingerprint density at radius 3 is 1.83 bits per heavy atom. The summed E-state index contributed by atoms with van der Waals surface area (Å²) in [5.74, 6) is -1.80. The van der Waals surface area contributed by atoms with E-state index in [0.717, 1.165) is 34.4 Å². The predicted octanol–water partition coefficient (Wildman–Crippen LogP) is 7.26. The first-order chi connectivity index (χ1) is 22.2. The van der Waals surface area contributed by atoms with Crippen LogP contribution in [0.25, 0.3) is 32.7 Å². The van der Waals surface area contributed by atoms with Gasteiger partial charge in [0.2, 0.25) is 0 Å². The van der Waals surface area contributed by atoms with Gasteiger partial charge in [-0.2, -0.15) is 0 Å². The Morgan fingerprint density at radius 2 is 1.22 bits per heavy atom. The minimum atomic E-state index is -1.42. The van der Waals surface area contributed by atoms with Crippen LogP contribution >= 0.6 is 0 Å². The molecule has 2 N–H and O–H groups in total. The fourth-order valence-corrected chi connectivity index (χ4v) is 5.36. The van der Waals surface area contributed by atoms with Crippen LogP contribution in [-0.4, -0.2) is 26.8 Å². The molecule has 0 aliphatic carbocycles. The van der Waals surface area contributed by atoms with Gasteiger partial charge in [-0.1, -0.05) is 91.0 Å². The molecule has 46 heavy (non-hydrogen) atoms. The van der Waals surface area contributed by atoms with E-state index in [-0.39, 0.29) is 17.1 Å². The monoisotopic (exact) mass is 613 g/mol. The number of nitrogens with one attached hydrogen (secondary N) is 1. The predicted molar refractivity (Wildman–Crippen MR) is 171 cm³/mol. The zero-order valence-corrected chi connectivity index (χ0v) is 23.8. The van der Waals surface area contributed by atoms with Gasteiger partial charge in [-0.15, -0.1) is 0 Å². The van der Waals surface area contributed by atoms with Gasteiger partial charge in [0.1, 0.15) is 11.5 Å². The number of non-ortho nitro benzene ring substituents is 2. The van der Waals surface area contributed by atoms with E-state index in [9.17, 15) is 34.9 Å². The van der Waals surface area contributed by atoms with Crippen molar-refractivity contribution in [2.24, 2.45) is 0 Å². The Kier molecular flexibility index (Phi) is 7.79. The van der Waals surface area contributed by atoms with E-state index in [1.54, 1.807) is 54.6 Å². The summed E-state index contributed by atoms with van der Waals surface area (Å²) in [6, 6.07) is 30.9. The Morgan fingerprint density at radius 1 is 0.674 bits per heavy atom. The average molecular weight is 614 g/mol. The molecule has 11 heteroatoms. The maximum Gasteiger partial charge on any atom is 0.338 e. The number of hydrogen-bond donors (Lipinski definition) is 2. The van der Waals surface area contributed by atoms with E-state index in [4.69, 9.17) is 4.74 Å². The van der Waals surface area contributed by atoms with E-state index in [0.29, 0.717) is 22.1 Å². The summed E-state index contributed by atoms with van der Waals surface area (Å²) in [5, 5.41) is 39.6. The van der Waals surface area contributed by atoms with Gasteiger partial charge in [-0.3, -0.25) is 25.0 Å². The zero-order valence-electron chi connectivity index (χ0n) is 23.8. The maximum absolute atomic E-state index is 14.0. The van der Waals surface area contributed by atoms with E-state index < -0.39 is 39.1 Å². The molecule has 0 radical (unpaired) electrons. The molecule has 0 saturated heterocycles. The quantitative estimate of drug-likeness (QED) is 0.0784. The molecule has 226 valence electrons. The van der Waals surface area contributed by atoms with Gasteiger partial charge in [0.15, 0.2) is 6.04 Å². The fourth-order valence-electron chi connectivity index (χ4n) is 5.36. The molecule has 0 aromatic heterocycles. The van der Waals surface area contributed by atoms with Crippen molar-refractivity contribution in [1.82, 2.24) is 5.32 Å². The van der Waals surface area contributed by atoms with Crippen molar-refractivity contribution in [2.75, 3.05) is 0 Å². The number of nitrogens with zero attached hydrogens (tertiary/aromatic N) is 2. The van der Waals surface area contributed by atoms with Crippen molar-refractivity contribution in [3.05, 3.63) is 153 Å². The smallest absolute Gasteiger partial charge is 0.338 e. The third-order valence-corrected chi connectivity index (χ3v) is 7.49. The number of phenolic OH excluding ortho intramolecular Hbond substituents is 1. The summed E-state index contributed by atoms with van der Waals surface area (Å²) in [7, 11) is 0. The van der Waals surface area contributed by atoms with Crippen LogP contribution < -0.4 is 10.1 Å². The van der Waals surface area contributed by atoms with Crippen LogP contribution in [0.2, 0.25) is 0 Å². The highest BCUT2D eigenvalue weighted by Gasteiger charge is 2.29. The summed E-state index contributed by atoms with van der Waals surface area (Å²) >= 11 is 0. The third kappa shape index (κ3) is 5.67. The van der Waals surface area contributed by atoms with Crippen LogP contribution in [0.4, 0.5) is 11.4 Å². The van der Waals surface area contributed by atoms with Crippen LogP contribution in [0.5, 0.6) is 11.5 Å². The fraction of sp³-hybridized carbons (Fsp3) is 0.0286. The van der Waals surface area contributed by atoms with Crippen LogP contribution in [-0.2, 0) is 4.79 Å². The Bertz CT molecular complexity index is 2150.